The third kappa shape index (κ3) is 3.99. The summed E-state index contributed by atoms with van der Waals surface area (Å²) in [6.07, 6.45) is 5.70. The predicted molar refractivity (Wildman–Crippen MR) is 99.6 cm³/mol. The second-order valence-corrected chi connectivity index (χ2v) is 7.25. The molecule has 7 heteroatoms. The summed E-state index contributed by atoms with van der Waals surface area (Å²) < 4.78 is 6.75. The molecular formula is C19H23N5O2. The van der Waals surface area contributed by atoms with Gasteiger partial charge < -0.3 is 10.1 Å². The molecule has 0 saturated carbocycles. The highest BCUT2D eigenvalue weighted by atomic mass is 16.5. The molecule has 0 spiro atoms. The molecule has 0 aliphatic heterocycles. The number of rotatable bonds is 5. The zero-order valence-corrected chi connectivity index (χ0v) is 15.5. The van der Waals surface area contributed by atoms with E-state index in [-0.39, 0.29) is 5.41 Å². The van der Waals surface area contributed by atoms with E-state index in [1.54, 1.807) is 23.8 Å². The molecule has 3 heterocycles. The van der Waals surface area contributed by atoms with E-state index >= 15 is 0 Å². The summed E-state index contributed by atoms with van der Waals surface area (Å²) in [5, 5.41) is 7.63. The summed E-state index contributed by atoms with van der Waals surface area (Å²) in [5.41, 5.74) is 2.60. The van der Waals surface area contributed by atoms with Gasteiger partial charge in [0.1, 0.15) is 11.4 Å². The smallest absolute Gasteiger partial charge is 0.343 e. The van der Waals surface area contributed by atoms with Crippen molar-refractivity contribution in [3.8, 4) is 0 Å². The molecule has 3 aromatic rings. The quantitative estimate of drug-likeness (QED) is 0.705. The Morgan fingerprint density at radius 1 is 1.31 bits per heavy atom. The molecule has 26 heavy (non-hydrogen) atoms. The van der Waals surface area contributed by atoms with Crippen molar-refractivity contribution in [2.24, 2.45) is 5.41 Å². The van der Waals surface area contributed by atoms with Crippen LogP contribution in [0.2, 0.25) is 0 Å². The Bertz CT molecular complexity index is 913. The highest BCUT2D eigenvalue weighted by Gasteiger charge is 2.20. The van der Waals surface area contributed by atoms with Crippen molar-refractivity contribution < 1.29 is 9.53 Å². The van der Waals surface area contributed by atoms with Gasteiger partial charge in [-0.1, -0.05) is 20.8 Å². The molecule has 0 saturated heterocycles. The lowest BCUT2D eigenvalue weighted by Crippen LogP contribution is -2.13. The molecule has 0 fully saturated rings. The Morgan fingerprint density at radius 2 is 2.12 bits per heavy atom. The molecule has 3 aromatic heterocycles. The number of ether oxygens (including phenoxy) is 1. The van der Waals surface area contributed by atoms with Gasteiger partial charge in [-0.05, 0) is 30.9 Å². The first-order valence-corrected chi connectivity index (χ1v) is 8.59. The molecule has 0 atom stereocenters. The summed E-state index contributed by atoms with van der Waals surface area (Å²) in [6.45, 7) is 8.53. The number of aromatic nitrogens is 4. The number of esters is 1. The van der Waals surface area contributed by atoms with Crippen LogP contribution in [0.25, 0.3) is 5.65 Å². The van der Waals surface area contributed by atoms with Crippen LogP contribution in [0.1, 0.15) is 43.7 Å². The molecule has 136 valence electrons. The molecule has 1 N–H and O–H groups in total. The first kappa shape index (κ1) is 17.8. The monoisotopic (exact) mass is 353 g/mol. The molecule has 0 amide bonds. The van der Waals surface area contributed by atoms with Crippen molar-refractivity contribution in [2.45, 2.75) is 34.1 Å². The zero-order chi connectivity index (χ0) is 18.7. The van der Waals surface area contributed by atoms with Gasteiger partial charge in [-0.2, -0.15) is 9.61 Å². The van der Waals surface area contributed by atoms with E-state index in [4.69, 9.17) is 4.74 Å². The van der Waals surface area contributed by atoms with Gasteiger partial charge in [0.25, 0.3) is 0 Å². The van der Waals surface area contributed by atoms with Crippen molar-refractivity contribution in [2.75, 3.05) is 11.9 Å². The lowest BCUT2D eigenvalue weighted by molar-refractivity contribution is 0.0528. The fourth-order valence-electron chi connectivity index (χ4n) is 2.67. The lowest BCUT2D eigenvalue weighted by Gasteiger charge is -2.18. The minimum Gasteiger partial charge on any atom is -0.462 e. The summed E-state index contributed by atoms with van der Waals surface area (Å²) in [6, 6.07) is 5.72. The maximum absolute atomic E-state index is 12.2. The lowest BCUT2D eigenvalue weighted by atomic mass is 9.90. The van der Waals surface area contributed by atoms with Gasteiger partial charge in [-0.15, -0.1) is 0 Å². The Labute approximate surface area is 152 Å². The normalized spacial score (nSPS) is 11.5. The molecule has 7 nitrogen and oxygen atoms in total. The average molecular weight is 353 g/mol. The van der Waals surface area contributed by atoms with E-state index in [1.165, 1.54) is 6.20 Å². The Balaban J connectivity index is 2.10. The largest absolute Gasteiger partial charge is 0.462 e. The molecule has 0 aliphatic carbocycles. The third-order valence-corrected chi connectivity index (χ3v) is 3.67. The Morgan fingerprint density at radius 3 is 2.77 bits per heavy atom. The predicted octanol–water partition coefficient (Wildman–Crippen LogP) is 3.63. The standard InChI is InChI=1S/C19H23N5O2/c1-5-26-18(25)15-12-21-24-16(22-13-7-6-8-20-11-13)9-14(23-17(15)24)10-19(2,3)4/h6-9,11-12,22H,5,10H2,1-4H3. The number of carbonyl (C=O) groups is 1. The maximum Gasteiger partial charge on any atom is 0.343 e. The van der Waals surface area contributed by atoms with Crippen LogP contribution in [0.3, 0.4) is 0 Å². The SMILES string of the molecule is CCOC(=O)c1cnn2c(Nc3cccnc3)cc(CC(C)(C)C)nc12. The van der Waals surface area contributed by atoms with E-state index in [1.807, 2.05) is 18.2 Å². The number of anilines is 2. The summed E-state index contributed by atoms with van der Waals surface area (Å²) >= 11 is 0. The fourth-order valence-corrected chi connectivity index (χ4v) is 2.67. The number of carbonyl (C=O) groups excluding carboxylic acids is 1. The van der Waals surface area contributed by atoms with Crippen molar-refractivity contribution in [3.63, 3.8) is 0 Å². The van der Waals surface area contributed by atoms with Gasteiger partial charge >= 0.3 is 5.97 Å². The van der Waals surface area contributed by atoms with Crippen LogP contribution in [0.4, 0.5) is 11.5 Å². The number of hydrogen-bond donors (Lipinski definition) is 1. The number of pyridine rings is 1. The van der Waals surface area contributed by atoms with Gasteiger partial charge in [0.2, 0.25) is 0 Å². The number of fused-ring (bicyclic) bond motifs is 1. The van der Waals surface area contributed by atoms with Crippen LogP contribution in [-0.2, 0) is 11.2 Å². The van der Waals surface area contributed by atoms with Gasteiger partial charge in [0, 0.05) is 18.0 Å². The van der Waals surface area contributed by atoms with Crippen molar-refractivity contribution >= 4 is 23.1 Å². The van der Waals surface area contributed by atoms with Crippen LogP contribution < -0.4 is 5.32 Å². The molecule has 3 rings (SSSR count). The third-order valence-electron chi connectivity index (χ3n) is 3.67. The van der Waals surface area contributed by atoms with Crippen LogP contribution in [0.5, 0.6) is 0 Å². The molecule has 0 unspecified atom stereocenters. The van der Waals surface area contributed by atoms with Crippen LogP contribution in [0.15, 0.2) is 36.8 Å². The molecule has 0 bridgehead atoms. The highest BCUT2D eigenvalue weighted by Crippen LogP contribution is 2.25. The first-order valence-electron chi connectivity index (χ1n) is 8.59. The average Bonchev–Trinajstić information content (AvgIpc) is 2.98. The minimum atomic E-state index is -0.421. The number of nitrogens with zero attached hydrogens (tertiary/aromatic N) is 4. The van der Waals surface area contributed by atoms with Crippen molar-refractivity contribution in [1.29, 1.82) is 0 Å². The highest BCUT2D eigenvalue weighted by molar-refractivity contribution is 5.96. The van der Waals surface area contributed by atoms with E-state index in [0.29, 0.717) is 17.8 Å². The van der Waals surface area contributed by atoms with E-state index in [0.717, 1.165) is 23.6 Å². The van der Waals surface area contributed by atoms with E-state index in [9.17, 15) is 4.79 Å². The van der Waals surface area contributed by atoms with E-state index < -0.39 is 5.97 Å². The van der Waals surface area contributed by atoms with Gasteiger partial charge in [-0.25, -0.2) is 9.78 Å². The Kier molecular flexibility index (Phi) is 4.88. The zero-order valence-electron chi connectivity index (χ0n) is 15.5. The molecule has 0 aromatic carbocycles. The summed E-state index contributed by atoms with van der Waals surface area (Å²) in [4.78, 5) is 21.0. The molecule has 0 radical (unpaired) electrons. The second kappa shape index (κ2) is 7.11. The van der Waals surface area contributed by atoms with E-state index in [2.05, 4.69) is 41.2 Å². The van der Waals surface area contributed by atoms with Gasteiger partial charge in [0.15, 0.2) is 5.65 Å². The summed E-state index contributed by atoms with van der Waals surface area (Å²) in [7, 11) is 0. The van der Waals surface area contributed by atoms with Crippen LogP contribution >= 0.6 is 0 Å². The minimum absolute atomic E-state index is 0.0566. The van der Waals surface area contributed by atoms with Crippen molar-refractivity contribution in [1.82, 2.24) is 19.6 Å². The maximum atomic E-state index is 12.2. The van der Waals surface area contributed by atoms with Crippen LogP contribution in [0, 0.1) is 5.41 Å². The topological polar surface area (TPSA) is 81.4 Å². The molecular weight excluding hydrogens is 330 g/mol. The van der Waals surface area contributed by atoms with Crippen LogP contribution in [-0.4, -0.2) is 32.2 Å². The van der Waals surface area contributed by atoms with Crippen molar-refractivity contribution in [3.05, 3.63) is 48.0 Å². The Hall–Kier alpha value is -2.96. The first-order chi connectivity index (χ1) is 12.4. The molecule has 0 aliphatic rings. The fraction of sp³-hybridized carbons (Fsp3) is 0.368. The second-order valence-electron chi connectivity index (χ2n) is 7.25. The number of nitrogens with one attached hydrogen (secondary N) is 1. The summed E-state index contributed by atoms with van der Waals surface area (Å²) in [5.74, 6) is 0.299. The van der Waals surface area contributed by atoms with Gasteiger partial charge in [-0.3, -0.25) is 4.98 Å². The van der Waals surface area contributed by atoms with Gasteiger partial charge in [0.05, 0.1) is 24.7 Å². The number of hydrogen-bond acceptors (Lipinski definition) is 6.